The Labute approximate surface area is 99.6 Å². The highest BCUT2D eigenvalue weighted by Gasteiger charge is 2.12. The SMILES string of the molecule is CN(Cc1ccoc1)C(=O)c1cccc(N)c1. The van der Waals surface area contributed by atoms with Crippen LogP contribution >= 0.6 is 0 Å². The van der Waals surface area contributed by atoms with Gasteiger partial charge in [0.15, 0.2) is 0 Å². The van der Waals surface area contributed by atoms with Gasteiger partial charge in [-0.3, -0.25) is 4.79 Å². The molecule has 4 nitrogen and oxygen atoms in total. The lowest BCUT2D eigenvalue weighted by molar-refractivity contribution is 0.0785. The van der Waals surface area contributed by atoms with Gasteiger partial charge in [0.25, 0.3) is 5.91 Å². The van der Waals surface area contributed by atoms with Gasteiger partial charge in [0.05, 0.1) is 12.5 Å². The fraction of sp³-hybridized carbons (Fsp3) is 0.154. The van der Waals surface area contributed by atoms with Crippen LogP contribution in [0.1, 0.15) is 15.9 Å². The van der Waals surface area contributed by atoms with Crippen LogP contribution in [0.5, 0.6) is 0 Å². The van der Waals surface area contributed by atoms with Gasteiger partial charge >= 0.3 is 0 Å². The first-order chi connectivity index (χ1) is 8.16. The number of furan rings is 1. The molecule has 0 spiro atoms. The Morgan fingerprint density at radius 3 is 2.88 bits per heavy atom. The van der Waals surface area contributed by atoms with E-state index in [1.54, 1.807) is 48.7 Å². The number of rotatable bonds is 3. The normalized spacial score (nSPS) is 10.2. The number of hydrogen-bond donors (Lipinski definition) is 1. The lowest BCUT2D eigenvalue weighted by Crippen LogP contribution is -2.26. The minimum atomic E-state index is -0.0569. The highest BCUT2D eigenvalue weighted by Crippen LogP contribution is 2.11. The zero-order valence-electron chi connectivity index (χ0n) is 9.59. The first-order valence-electron chi connectivity index (χ1n) is 5.29. The molecule has 0 bridgehead atoms. The molecule has 0 atom stereocenters. The lowest BCUT2D eigenvalue weighted by atomic mass is 10.1. The van der Waals surface area contributed by atoms with Crippen molar-refractivity contribution in [1.82, 2.24) is 4.90 Å². The maximum Gasteiger partial charge on any atom is 0.253 e. The molecule has 0 saturated carbocycles. The Morgan fingerprint density at radius 2 is 2.24 bits per heavy atom. The van der Waals surface area contributed by atoms with E-state index in [1.807, 2.05) is 6.07 Å². The van der Waals surface area contributed by atoms with E-state index in [2.05, 4.69) is 0 Å². The second-order valence-corrected chi connectivity index (χ2v) is 3.92. The third kappa shape index (κ3) is 2.66. The Balaban J connectivity index is 2.09. The molecular formula is C13H14N2O2. The number of nitrogens with two attached hydrogens (primary N) is 1. The number of carbonyl (C=O) groups is 1. The predicted octanol–water partition coefficient (Wildman–Crippen LogP) is 2.13. The van der Waals surface area contributed by atoms with Crippen molar-refractivity contribution in [3.8, 4) is 0 Å². The summed E-state index contributed by atoms with van der Waals surface area (Å²) >= 11 is 0. The standard InChI is InChI=1S/C13H14N2O2/c1-15(8-10-5-6-17-9-10)13(16)11-3-2-4-12(14)7-11/h2-7,9H,8,14H2,1H3. The van der Waals surface area contributed by atoms with Gasteiger partial charge in [-0.2, -0.15) is 0 Å². The number of nitrogens with zero attached hydrogens (tertiary/aromatic N) is 1. The fourth-order valence-electron chi connectivity index (χ4n) is 1.62. The summed E-state index contributed by atoms with van der Waals surface area (Å²) in [6, 6.07) is 8.79. The van der Waals surface area contributed by atoms with Crippen LogP contribution in [0.25, 0.3) is 0 Å². The summed E-state index contributed by atoms with van der Waals surface area (Å²) in [4.78, 5) is 13.7. The van der Waals surface area contributed by atoms with Gasteiger partial charge in [-0.1, -0.05) is 6.07 Å². The number of amides is 1. The van der Waals surface area contributed by atoms with Gasteiger partial charge in [-0.25, -0.2) is 0 Å². The predicted molar refractivity (Wildman–Crippen MR) is 65.4 cm³/mol. The first-order valence-corrected chi connectivity index (χ1v) is 5.29. The molecule has 1 aromatic heterocycles. The van der Waals surface area contributed by atoms with Crippen LogP contribution in [0.15, 0.2) is 47.3 Å². The van der Waals surface area contributed by atoms with Crippen LogP contribution in [-0.4, -0.2) is 17.9 Å². The molecule has 0 aliphatic carbocycles. The largest absolute Gasteiger partial charge is 0.472 e. The van der Waals surface area contributed by atoms with E-state index in [0.717, 1.165) is 5.56 Å². The van der Waals surface area contributed by atoms with Crippen molar-refractivity contribution in [3.63, 3.8) is 0 Å². The maximum atomic E-state index is 12.1. The van der Waals surface area contributed by atoms with Crippen molar-refractivity contribution in [3.05, 3.63) is 54.0 Å². The third-order valence-corrected chi connectivity index (χ3v) is 2.48. The summed E-state index contributed by atoms with van der Waals surface area (Å²) in [5.41, 5.74) is 7.79. The van der Waals surface area contributed by atoms with Crippen LogP contribution in [0.2, 0.25) is 0 Å². The second kappa shape index (κ2) is 4.74. The van der Waals surface area contributed by atoms with Crippen LogP contribution in [0, 0.1) is 0 Å². The first kappa shape index (κ1) is 11.3. The number of nitrogen functional groups attached to an aromatic ring is 1. The number of hydrogen-bond acceptors (Lipinski definition) is 3. The van der Waals surface area contributed by atoms with Crippen LogP contribution in [0.3, 0.4) is 0 Å². The molecule has 0 aliphatic heterocycles. The molecule has 88 valence electrons. The molecule has 0 saturated heterocycles. The summed E-state index contributed by atoms with van der Waals surface area (Å²) in [5, 5.41) is 0. The van der Waals surface area contributed by atoms with E-state index in [-0.39, 0.29) is 5.91 Å². The summed E-state index contributed by atoms with van der Waals surface area (Å²) in [6.45, 7) is 0.518. The van der Waals surface area contributed by atoms with Crippen molar-refractivity contribution in [1.29, 1.82) is 0 Å². The molecule has 17 heavy (non-hydrogen) atoms. The fourth-order valence-corrected chi connectivity index (χ4v) is 1.62. The smallest absolute Gasteiger partial charge is 0.253 e. The molecule has 2 rings (SSSR count). The number of benzene rings is 1. The van der Waals surface area contributed by atoms with Gasteiger partial charge in [0.2, 0.25) is 0 Å². The molecule has 4 heteroatoms. The monoisotopic (exact) mass is 230 g/mol. The van der Waals surface area contributed by atoms with E-state index in [1.165, 1.54) is 0 Å². The van der Waals surface area contributed by atoms with Crippen LogP contribution < -0.4 is 5.73 Å². The van der Waals surface area contributed by atoms with Crippen LogP contribution in [0.4, 0.5) is 5.69 Å². The van der Waals surface area contributed by atoms with Crippen molar-refractivity contribution in [2.75, 3.05) is 12.8 Å². The van der Waals surface area contributed by atoms with E-state index in [0.29, 0.717) is 17.8 Å². The summed E-state index contributed by atoms with van der Waals surface area (Å²) in [7, 11) is 1.75. The summed E-state index contributed by atoms with van der Waals surface area (Å²) in [6.07, 6.45) is 3.22. The molecule has 2 aromatic rings. The molecule has 0 aliphatic rings. The molecule has 2 N–H and O–H groups in total. The second-order valence-electron chi connectivity index (χ2n) is 3.92. The summed E-state index contributed by atoms with van der Waals surface area (Å²) in [5.74, 6) is -0.0569. The minimum Gasteiger partial charge on any atom is -0.472 e. The van der Waals surface area contributed by atoms with Gasteiger partial charge in [0.1, 0.15) is 0 Å². The van der Waals surface area contributed by atoms with Crippen molar-refractivity contribution >= 4 is 11.6 Å². The Kier molecular flexibility index (Phi) is 3.14. The number of carbonyl (C=O) groups excluding carboxylic acids is 1. The molecule has 1 aromatic carbocycles. The average molecular weight is 230 g/mol. The van der Waals surface area contributed by atoms with Gasteiger partial charge in [-0.15, -0.1) is 0 Å². The average Bonchev–Trinajstić information content (AvgIpc) is 2.80. The van der Waals surface area contributed by atoms with Crippen molar-refractivity contribution < 1.29 is 9.21 Å². The van der Waals surface area contributed by atoms with E-state index < -0.39 is 0 Å². The molecule has 0 radical (unpaired) electrons. The Hall–Kier alpha value is -2.23. The van der Waals surface area contributed by atoms with Gasteiger partial charge < -0.3 is 15.1 Å². The molecular weight excluding hydrogens is 216 g/mol. The van der Waals surface area contributed by atoms with E-state index in [4.69, 9.17) is 10.2 Å². The quantitative estimate of drug-likeness (QED) is 0.822. The van der Waals surface area contributed by atoms with E-state index >= 15 is 0 Å². The van der Waals surface area contributed by atoms with Gasteiger partial charge in [0, 0.05) is 30.4 Å². The molecule has 0 fully saturated rings. The molecule has 1 amide bonds. The van der Waals surface area contributed by atoms with E-state index in [9.17, 15) is 4.79 Å². The maximum absolute atomic E-state index is 12.1. The Bertz CT molecular complexity index is 506. The minimum absolute atomic E-state index is 0.0569. The summed E-state index contributed by atoms with van der Waals surface area (Å²) < 4.78 is 4.96. The van der Waals surface area contributed by atoms with Gasteiger partial charge in [-0.05, 0) is 24.3 Å². The van der Waals surface area contributed by atoms with Crippen LogP contribution in [-0.2, 0) is 6.54 Å². The zero-order valence-corrected chi connectivity index (χ0v) is 9.59. The molecule has 1 heterocycles. The molecule has 0 unspecified atom stereocenters. The topological polar surface area (TPSA) is 59.5 Å². The third-order valence-electron chi connectivity index (χ3n) is 2.48. The highest BCUT2D eigenvalue weighted by molar-refractivity contribution is 5.94. The number of anilines is 1. The lowest BCUT2D eigenvalue weighted by Gasteiger charge is -2.16. The van der Waals surface area contributed by atoms with Crippen molar-refractivity contribution in [2.24, 2.45) is 0 Å². The highest BCUT2D eigenvalue weighted by atomic mass is 16.3. The Morgan fingerprint density at radius 1 is 1.41 bits per heavy atom. The zero-order chi connectivity index (χ0) is 12.3. The van der Waals surface area contributed by atoms with Crippen molar-refractivity contribution in [2.45, 2.75) is 6.54 Å².